The van der Waals surface area contributed by atoms with Crippen LogP contribution in [0, 0.1) is 5.82 Å². The zero-order valence-corrected chi connectivity index (χ0v) is 17.7. The van der Waals surface area contributed by atoms with Gasteiger partial charge in [-0.25, -0.2) is 17.6 Å². The third-order valence-corrected chi connectivity index (χ3v) is 5.76. The first-order chi connectivity index (χ1) is 16.1. The monoisotopic (exact) mass is 476 g/mol. The van der Waals surface area contributed by atoms with Crippen LogP contribution in [0.3, 0.4) is 0 Å². The molecule has 0 saturated heterocycles. The average molecular weight is 476 g/mol. The van der Waals surface area contributed by atoms with E-state index in [1.54, 1.807) is 12.1 Å². The summed E-state index contributed by atoms with van der Waals surface area (Å²) < 4.78 is 95.5. The smallest absolute Gasteiger partial charge is 0.242 e. The lowest BCUT2D eigenvalue weighted by molar-refractivity contribution is -0.0799. The SMILES string of the molecule is FC1=C(/C=C/C(F)(F)F)C(F)CC(C2=CC=C(c3ccc(-c4ccccc4)cc3F)CC2F)=C1. The number of allylic oxidation sites excluding steroid dienone is 10. The molecule has 2 aromatic carbocycles. The van der Waals surface area contributed by atoms with E-state index in [0.29, 0.717) is 17.2 Å². The van der Waals surface area contributed by atoms with E-state index in [2.05, 4.69) is 0 Å². The van der Waals surface area contributed by atoms with Crippen LogP contribution in [0.2, 0.25) is 0 Å². The fourth-order valence-corrected chi connectivity index (χ4v) is 4.08. The molecular weight excluding hydrogens is 457 g/mol. The van der Waals surface area contributed by atoms with Gasteiger partial charge in [0.2, 0.25) is 0 Å². The number of benzene rings is 2. The van der Waals surface area contributed by atoms with Crippen LogP contribution < -0.4 is 0 Å². The van der Waals surface area contributed by atoms with Crippen molar-refractivity contribution >= 4 is 5.57 Å². The van der Waals surface area contributed by atoms with Crippen molar-refractivity contribution in [2.24, 2.45) is 0 Å². The van der Waals surface area contributed by atoms with Crippen LogP contribution in [0.1, 0.15) is 18.4 Å². The minimum atomic E-state index is -4.71. The minimum absolute atomic E-state index is 0.0249. The van der Waals surface area contributed by atoms with Crippen molar-refractivity contribution in [2.45, 2.75) is 31.4 Å². The second kappa shape index (κ2) is 9.49. The molecule has 4 rings (SSSR count). The molecule has 0 nitrogen and oxygen atoms in total. The summed E-state index contributed by atoms with van der Waals surface area (Å²) in [5, 5.41) is 0. The van der Waals surface area contributed by atoms with E-state index in [9.17, 15) is 26.3 Å². The fourth-order valence-electron chi connectivity index (χ4n) is 4.08. The summed E-state index contributed by atoms with van der Waals surface area (Å²) in [5.41, 5.74) is 1.45. The molecule has 176 valence electrons. The second-order valence-electron chi connectivity index (χ2n) is 8.07. The highest BCUT2D eigenvalue weighted by atomic mass is 19.4. The van der Waals surface area contributed by atoms with Crippen LogP contribution in [0.4, 0.5) is 30.7 Å². The summed E-state index contributed by atoms with van der Waals surface area (Å²) in [4.78, 5) is 0. The Hall–Kier alpha value is -3.35. The Labute approximate surface area is 192 Å². The van der Waals surface area contributed by atoms with Crippen LogP contribution in [0.25, 0.3) is 16.7 Å². The van der Waals surface area contributed by atoms with Gasteiger partial charge >= 0.3 is 6.18 Å². The van der Waals surface area contributed by atoms with Crippen molar-refractivity contribution in [3.63, 3.8) is 0 Å². The summed E-state index contributed by atoms with van der Waals surface area (Å²) in [6.07, 6.45) is -5.23. The van der Waals surface area contributed by atoms with E-state index >= 15 is 4.39 Å². The fraction of sp³-hybridized carbons (Fsp3) is 0.185. The van der Waals surface area contributed by atoms with E-state index in [0.717, 1.165) is 11.6 Å². The molecule has 0 heterocycles. The molecule has 0 radical (unpaired) electrons. The van der Waals surface area contributed by atoms with E-state index in [-0.39, 0.29) is 29.2 Å². The van der Waals surface area contributed by atoms with E-state index in [1.807, 2.05) is 30.3 Å². The number of alkyl halides is 5. The highest BCUT2D eigenvalue weighted by molar-refractivity contribution is 5.74. The molecule has 0 bridgehead atoms. The van der Waals surface area contributed by atoms with E-state index < -0.39 is 42.2 Å². The van der Waals surface area contributed by atoms with Gasteiger partial charge < -0.3 is 0 Å². The maximum Gasteiger partial charge on any atom is 0.409 e. The van der Waals surface area contributed by atoms with Crippen LogP contribution in [0.5, 0.6) is 0 Å². The van der Waals surface area contributed by atoms with E-state index in [1.165, 1.54) is 18.2 Å². The summed E-state index contributed by atoms with van der Waals surface area (Å²) in [5.74, 6) is -1.70. The molecule has 2 aliphatic carbocycles. The molecule has 0 amide bonds. The van der Waals surface area contributed by atoms with E-state index in [4.69, 9.17) is 0 Å². The quantitative estimate of drug-likeness (QED) is 0.388. The first-order valence-electron chi connectivity index (χ1n) is 10.5. The molecule has 0 aromatic heterocycles. The largest absolute Gasteiger partial charge is 0.409 e. The molecule has 34 heavy (non-hydrogen) atoms. The average Bonchev–Trinajstić information content (AvgIpc) is 2.78. The predicted octanol–water partition coefficient (Wildman–Crippen LogP) is 8.55. The Balaban J connectivity index is 1.60. The maximum absolute atomic E-state index is 15.0. The van der Waals surface area contributed by atoms with Crippen molar-refractivity contribution in [1.82, 2.24) is 0 Å². The number of hydrogen-bond donors (Lipinski definition) is 0. The minimum Gasteiger partial charge on any atom is -0.242 e. The Morgan fingerprint density at radius 1 is 0.794 bits per heavy atom. The number of halogens is 7. The lowest BCUT2D eigenvalue weighted by Gasteiger charge is -2.25. The van der Waals surface area contributed by atoms with Gasteiger partial charge in [-0.05, 0) is 46.1 Å². The van der Waals surface area contributed by atoms with Gasteiger partial charge in [-0.1, -0.05) is 54.6 Å². The molecule has 0 fully saturated rings. The number of rotatable bonds is 4. The summed E-state index contributed by atoms with van der Waals surface area (Å²) in [6, 6.07) is 13.9. The molecule has 0 N–H and O–H groups in total. The lowest BCUT2D eigenvalue weighted by Crippen LogP contribution is -2.18. The molecule has 2 unspecified atom stereocenters. The van der Waals surface area contributed by atoms with Gasteiger partial charge in [-0.2, -0.15) is 13.2 Å². The maximum atomic E-state index is 15.0. The lowest BCUT2D eigenvalue weighted by atomic mass is 9.83. The first kappa shape index (κ1) is 23.8. The summed E-state index contributed by atoms with van der Waals surface area (Å²) in [6.45, 7) is 0. The highest BCUT2D eigenvalue weighted by Gasteiger charge is 2.30. The summed E-state index contributed by atoms with van der Waals surface area (Å²) in [7, 11) is 0. The predicted molar refractivity (Wildman–Crippen MR) is 118 cm³/mol. The standard InChI is InChI=1S/C27H19F7/c28-23-12-17(16-4-2-1-3-5-16)6-8-20(23)18-7-9-21(24(29)13-18)19-14-25(30)22(26(31)15-19)10-11-27(32,33)34/h1-12,14,24,26H,13,15H2/b11-10+. The number of hydrogen-bond acceptors (Lipinski definition) is 0. The summed E-state index contributed by atoms with van der Waals surface area (Å²) >= 11 is 0. The van der Waals surface area contributed by atoms with Gasteiger partial charge in [0.1, 0.15) is 24.0 Å². The van der Waals surface area contributed by atoms with Crippen molar-refractivity contribution < 1.29 is 30.7 Å². The van der Waals surface area contributed by atoms with Crippen LogP contribution in [-0.4, -0.2) is 18.5 Å². The topological polar surface area (TPSA) is 0 Å². The van der Waals surface area contributed by atoms with Crippen molar-refractivity contribution in [3.8, 4) is 11.1 Å². The van der Waals surface area contributed by atoms with Crippen LogP contribution >= 0.6 is 0 Å². The zero-order valence-electron chi connectivity index (χ0n) is 17.7. The molecule has 2 aliphatic rings. The molecule has 0 saturated carbocycles. The van der Waals surface area contributed by atoms with Crippen molar-refractivity contribution in [2.75, 3.05) is 0 Å². The van der Waals surface area contributed by atoms with Gasteiger partial charge in [0.25, 0.3) is 0 Å². The van der Waals surface area contributed by atoms with Crippen LogP contribution in [0.15, 0.2) is 101 Å². The second-order valence-corrected chi connectivity index (χ2v) is 8.07. The van der Waals surface area contributed by atoms with Crippen molar-refractivity contribution in [1.29, 1.82) is 0 Å². The third kappa shape index (κ3) is 5.24. The normalized spacial score (nSPS) is 21.4. The van der Waals surface area contributed by atoms with Crippen LogP contribution in [-0.2, 0) is 0 Å². The molecule has 2 aromatic rings. The third-order valence-electron chi connectivity index (χ3n) is 5.76. The Morgan fingerprint density at radius 2 is 1.50 bits per heavy atom. The Bertz CT molecular complexity index is 1230. The van der Waals surface area contributed by atoms with Gasteiger partial charge in [0, 0.05) is 30.1 Å². The Kier molecular flexibility index (Phi) is 6.64. The molecule has 2 atom stereocenters. The molecule has 7 heteroatoms. The van der Waals surface area contributed by atoms with Gasteiger partial charge in [-0.15, -0.1) is 0 Å². The molecular formula is C27H19F7. The molecule has 0 aliphatic heterocycles. The zero-order chi connectivity index (χ0) is 24.5. The van der Waals surface area contributed by atoms with Gasteiger partial charge in [0.15, 0.2) is 0 Å². The van der Waals surface area contributed by atoms with Gasteiger partial charge in [0.05, 0.1) is 0 Å². The molecule has 0 spiro atoms. The van der Waals surface area contributed by atoms with Gasteiger partial charge in [-0.3, -0.25) is 0 Å². The first-order valence-corrected chi connectivity index (χ1v) is 10.5. The Morgan fingerprint density at radius 3 is 2.12 bits per heavy atom. The highest BCUT2D eigenvalue weighted by Crippen LogP contribution is 2.39. The van der Waals surface area contributed by atoms with Crippen molar-refractivity contribution in [3.05, 3.63) is 113 Å².